The van der Waals surface area contributed by atoms with Crippen molar-refractivity contribution in [2.45, 2.75) is 45.2 Å². The summed E-state index contributed by atoms with van der Waals surface area (Å²) in [4.78, 5) is 28.9. The highest BCUT2D eigenvalue weighted by molar-refractivity contribution is 5.97. The van der Waals surface area contributed by atoms with Crippen LogP contribution in [0.2, 0.25) is 0 Å². The maximum absolute atomic E-state index is 12.1. The number of rotatable bonds is 8. The van der Waals surface area contributed by atoms with Crippen LogP contribution in [0.15, 0.2) is 48.5 Å². The maximum Gasteiger partial charge on any atom is 0.338 e. The number of carboxylic acids is 1. The van der Waals surface area contributed by atoms with E-state index in [4.69, 9.17) is 9.72 Å². The minimum absolute atomic E-state index is 0.368. The predicted octanol–water partition coefficient (Wildman–Crippen LogP) is 4.00. The molecule has 0 saturated carbocycles. The van der Waals surface area contributed by atoms with Gasteiger partial charge in [0.1, 0.15) is 11.9 Å². The van der Waals surface area contributed by atoms with E-state index in [-0.39, 0.29) is 5.97 Å². The van der Waals surface area contributed by atoms with Crippen molar-refractivity contribution in [2.75, 3.05) is 13.7 Å². The van der Waals surface area contributed by atoms with Gasteiger partial charge in [-0.25, -0.2) is 9.78 Å². The Morgan fingerprint density at radius 3 is 2.64 bits per heavy atom. The highest BCUT2D eigenvalue weighted by Gasteiger charge is 2.32. The van der Waals surface area contributed by atoms with Crippen LogP contribution in [0.25, 0.3) is 11.1 Å². The first kappa shape index (κ1) is 22.7. The van der Waals surface area contributed by atoms with Gasteiger partial charge in [-0.3, -0.25) is 10.1 Å². The second-order valence-electron chi connectivity index (χ2n) is 8.26. The smallest absolute Gasteiger partial charge is 0.338 e. The average Bonchev–Trinajstić information content (AvgIpc) is 3.19. The number of nitrogens with zero attached hydrogens (tertiary/aromatic N) is 2. The van der Waals surface area contributed by atoms with Crippen LogP contribution in [0.4, 0.5) is 0 Å². The van der Waals surface area contributed by atoms with E-state index in [1.165, 1.54) is 7.11 Å². The molecule has 33 heavy (non-hydrogen) atoms. The van der Waals surface area contributed by atoms with Gasteiger partial charge < -0.3 is 14.4 Å². The van der Waals surface area contributed by atoms with Gasteiger partial charge in [-0.05, 0) is 29.2 Å². The molecule has 1 aliphatic rings. The fraction of sp³-hybridized carbons (Fsp3) is 0.346. The van der Waals surface area contributed by atoms with Crippen molar-refractivity contribution in [3.63, 3.8) is 0 Å². The van der Waals surface area contributed by atoms with Crippen LogP contribution in [0.3, 0.4) is 0 Å². The molecule has 2 heterocycles. The summed E-state index contributed by atoms with van der Waals surface area (Å²) in [6, 6.07) is 14.6. The van der Waals surface area contributed by atoms with Crippen molar-refractivity contribution in [1.29, 1.82) is 0 Å². The number of hydrogen-bond acceptors (Lipinski definition) is 5. The number of esters is 1. The molecule has 1 aliphatic heterocycles. The van der Waals surface area contributed by atoms with Gasteiger partial charge in [-0.2, -0.15) is 0 Å². The van der Waals surface area contributed by atoms with E-state index in [1.807, 2.05) is 42.5 Å². The summed E-state index contributed by atoms with van der Waals surface area (Å²) in [7, 11) is 1.38. The third kappa shape index (κ3) is 4.68. The van der Waals surface area contributed by atoms with E-state index < -0.39 is 12.0 Å². The number of benzene rings is 2. The van der Waals surface area contributed by atoms with Crippen LogP contribution in [0.5, 0.6) is 0 Å². The lowest BCUT2D eigenvalue weighted by Crippen LogP contribution is -2.36. The van der Waals surface area contributed by atoms with Crippen LogP contribution in [0.1, 0.15) is 58.9 Å². The summed E-state index contributed by atoms with van der Waals surface area (Å²) < 4.78 is 6.99. The van der Waals surface area contributed by atoms with Gasteiger partial charge in [0, 0.05) is 25.9 Å². The van der Waals surface area contributed by atoms with Gasteiger partial charge in [-0.15, -0.1) is 0 Å². The number of fused-ring (bicyclic) bond motifs is 1. The number of aryl methyl sites for hydroxylation is 1. The summed E-state index contributed by atoms with van der Waals surface area (Å²) in [5, 5.41) is 12.9. The summed E-state index contributed by atoms with van der Waals surface area (Å²) >= 11 is 0. The Morgan fingerprint density at radius 1 is 1.18 bits per heavy atom. The lowest BCUT2D eigenvalue weighted by Gasteiger charge is -2.23. The zero-order valence-electron chi connectivity index (χ0n) is 19.0. The first-order chi connectivity index (χ1) is 16.0. The van der Waals surface area contributed by atoms with Gasteiger partial charge in [0.05, 0.1) is 24.1 Å². The molecule has 7 nitrogen and oxygen atoms in total. The normalized spacial score (nSPS) is 15.2. The Labute approximate surface area is 193 Å². The molecule has 4 rings (SSSR count). The highest BCUT2D eigenvalue weighted by atomic mass is 16.5. The van der Waals surface area contributed by atoms with Gasteiger partial charge in [0.15, 0.2) is 0 Å². The van der Waals surface area contributed by atoms with E-state index >= 15 is 0 Å². The largest absolute Gasteiger partial charge is 0.480 e. The number of carboxylic acid groups (broad SMARTS) is 1. The SMILES string of the molecule is CCCCc1nc2c(n1Cc1ccc(-c3ccccc3C(=O)OC)cc1)C(C(=O)O)NCC2. The fourth-order valence-electron chi connectivity index (χ4n) is 4.41. The Morgan fingerprint density at radius 2 is 1.94 bits per heavy atom. The van der Waals surface area contributed by atoms with Crippen molar-refractivity contribution in [1.82, 2.24) is 14.9 Å². The third-order valence-corrected chi connectivity index (χ3v) is 6.08. The lowest BCUT2D eigenvalue weighted by molar-refractivity contribution is -0.140. The lowest BCUT2D eigenvalue weighted by atomic mass is 9.98. The number of imidazole rings is 1. The Balaban J connectivity index is 1.67. The molecule has 2 aromatic carbocycles. The number of aliphatic carboxylic acids is 1. The molecule has 0 amide bonds. The van der Waals surface area contributed by atoms with E-state index in [2.05, 4.69) is 16.8 Å². The second kappa shape index (κ2) is 10.0. The number of aromatic nitrogens is 2. The number of unbranched alkanes of at least 4 members (excludes halogenated alkanes) is 1. The van der Waals surface area contributed by atoms with E-state index in [0.717, 1.165) is 59.6 Å². The van der Waals surface area contributed by atoms with Crippen molar-refractivity contribution < 1.29 is 19.4 Å². The highest BCUT2D eigenvalue weighted by Crippen LogP contribution is 2.28. The molecular formula is C26H29N3O4. The zero-order chi connectivity index (χ0) is 23.4. The molecule has 0 radical (unpaired) electrons. The molecule has 1 unspecified atom stereocenters. The Bertz CT molecular complexity index is 1150. The van der Waals surface area contributed by atoms with Crippen LogP contribution in [-0.2, 0) is 28.9 Å². The van der Waals surface area contributed by atoms with Crippen molar-refractivity contribution in [3.05, 3.63) is 76.9 Å². The second-order valence-corrected chi connectivity index (χ2v) is 8.26. The van der Waals surface area contributed by atoms with E-state index in [9.17, 15) is 14.7 Å². The first-order valence-electron chi connectivity index (χ1n) is 11.3. The number of hydrogen-bond donors (Lipinski definition) is 2. The van der Waals surface area contributed by atoms with Crippen LogP contribution < -0.4 is 5.32 Å². The topological polar surface area (TPSA) is 93.5 Å². The molecular weight excluding hydrogens is 418 g/mol. The molecule has 2 N–H and O–H groups in total. The molecule has 7 heteroatoms. The summed E-state index contributed by atoms with van der Waals surface area (Å²) in [6.07, 6.45) is 3.60. The van der Waals surface area contributed by atoms with E-state index in [0.29, 0.717) is 18.7 Å². The molecule has 0 saturated heterocycles. The van der Waals surface area contributed by atoms with Crippen LogP contribution in [0, 0.1) is 0 Å². The van der Waals surface area contributed by atoms with Gasteiger partial charge in [0.2, 0.25) is 0 Å². The molecule has 0 aliphatic carbocycles. The number of nitrogens with one attached hydrogen (secondary N) is 1. The number of methoxy groups -OCH3 is 1. The van der Waals surface area contributed by atoms with Crippen molar-refractivity contribution in [2.24, 2.45) is 0 Å². The molecule has 0 spiro atoms. The monoisotopic (exact) mass is 447 g/mol. The van der Waals surface area contributed by atoms with Crippen molar-refractivity contribution >= 4 is 11.9 Å². The first-order valence-corrected chi connectivity index (χ1v) is 11.3. The zero-order valence-corrected chi connectivity index (χ0v) is 19.0. The quantitative estimate of drug-likeness (QED) is 0.507. The predicted molar refractivity (Wildman–Crippen MR) is 125 cm³/mol. The minimum Gasteiger partial charge on any atom is -0.480 e. The Hall–Kier alpha value is -3.45. The van der Waals surface area contributed by atoms with Crippen LogP contribution >= 0.6 is 0 Å². The third-order valence-electron chi connectivity index (χ3n) is 6.08. The maximum atomic E-state index is 12.1. The minimum atomic E-state index is -0.881. The number of carbonyl (C=O) groups excluding carboxylic acids is 1. The van der Waals surface area contributed by atoms with E-state index in [1.54, 1.807) is 6.07 Å². The standard InChI is InChI=1S/C26H29N3O4/c1-3-4-9-22-28-21-14-15-27-23(25(30)31)24(21)29(22)16-17-10-12-18(13-11-17)19-7-5-6-8-20(19)26(32)33-2/h5-8,10-13,23,27H,3-4,9,14-16H2,1-2H3,(H,30,31). The molecule has 0 bridgehead atoms. The number of ether oxygens (including phenoxy) is 1. The van der Waals surface area contributed by atoms with Gasteiger partial charge >= 0.3 is 11.9 Å². The summed E-state index contributed by atoms with van der Waals surface area (Å²) in [6.45, 7) is 3.30. The van der Waals surface area contributed by atoms with Gasteiger partial charge in [0.25, 0.3) is 0 Å². The molecule has 1 aromatic heterocycles. The molecule has 3 aromatic rings. The molecule has 172 valence electrons. The molecule has 1 atom stereocenters. The fourth-order valence-corrected chi connectivity index (χ4v) is 4.41. The Kier molecular flexibility index (Phi) is 6.89. The summed E-state index contributed by atoms with van der Waals surface area (Å²) in [5.74, 6) is -0.307. The van der Waals surface area contributed by atoms with Gasteiger partial charge in [-0.1, -0.05) is 55.8 Å². The molecule has 0 fully saturated rings. The van der Waals surface area contributed by atoms with Crippen LogP contribution in [-0.4, -0.2) is 40.3 Å². The summed E-state index contributed by atoms with van der Waals surface area (Å²) in [5.41, 5.74) is 4.95. The van der Waals surface area contributed by atoms with Crippen molar-refractivity contribution in [3.8, 4) is 11.1 Å². The number of carbonyl (C=O) groups is 2. The average molecular weight is 448 g/mol.